The Labute approximate surface area is 70.2 Å². The molecule has 1 amide bonds. The molecule has 1 saturated carbocycles. The van der Waals surface area contributed by atoms with E-state index in [-0.39, 0.29) is 17.8 Å². The van der Waals surface area contributed by atoms with Crippen LogP contribution in [0, 0.1) is 17.8 Å². The van der Waals surface area contributed by atoms with Crippen LogP contribution in [0.5, 0.6) is 0 Å². The van der Waals surface area contributed by atoms with Crippen molar-refractivity contribution in [1.29, 1.82) is 0 Å². The van der Waals surface area contributed by atoms with Crippen molar-refractivity contribution in [3.63, 3.8) is 0 Å². The lowest BCUT2D eigenvalue weighted by Gasteiger charge is -2.50. The third-order valence-electron chi connectivity index (χ3n) is 2.99. The molecule has 0 aromatic heterocycles. The number of amides is 1. The highest BCUT2D eigenvalue weighted by atomic mass is 16.4. The standard InChI is InChI=1S/C8H11NO3/c10-4-9-2-5-1-6(3-9)7(5)8(11)12/h4-7H,1-3H2,(H,11,12)/t5-,6+,7?. The molecule has 2 aliphatic heterocycles. The molecule has 2 heterocycles. The number of carbonyl (C=O) groups excluding carboxylic acids is 1. The van der Waals surface area contributed by atoms with Gasteiger partial charge in [0.05, 0.1) is 5.92 Å². The Morgan fingerprint density at radius 3 is 2.42 bits per heavy atom. The van der Waals surface area contributed by atoms with E-state index in [1.165, 1.54) is 0 Å². The van der Waals surface area contributed by atoms with Crippen molar-refractivity contribution in [2.45, 2.75) is 6.42 Å². The van der Waals surface area contributed by atoms with Gasteiger partial charge in [0.25, 0.3) is 0 Å². The van der Waals surface area contributed by atoms with Gasteiger partial charge in [-0.15, -0.1) is 0 Å². The van der Waals surface area contributed by atoms with Gasteiger partial charge in [-0.2, -0.15) is 0 Å². The van der Waals surface area contributed by atoms with E-state index in [1.54, 1.807) is 4.90 Å². The Kier molecular flexibility index (Phi) is 1.56. The lowest BCUT2D eigenvalue weighted by atomic mass is 9.62. The second kappa shape index (κ2) is 2.47. The van der Waals surface area contributed by atoms with E-state index in [4.69, 9.17) is 5.11 Å². The maximum absolute atomic E-state index is 10.7. The van der Waals surface area contributed by atoms with Crippen molar-refractivity contribution in [2.24, 2.45) is 17.8 Å². The van der Waals surface area contributed by atoms with Crippen LogP contribution in [0.25, 0.3) is 0 Å². The molecule has 3 fully saturated rings. The Morgan fingerprint density at radius 2 is 2.00 bits per heavy atom. The minimum Gasteiger partial charge on any atom is -0.481 e. The first-order chi connectivity index (χ1) is 5.72. The van der Waals surface area contributed by atoms with Crippen molar-refractivity contribution in [1.82, 2.24) is 4.90 Å². The monoisotopic (exact) mass is 169 g/mol. The highest BCUT2D eigenvalue weighted by Crippen LogP contribution is 2.44. The Bertz CT molecular complexity index is 216. The van der Waals surface area contributed by atoms with Gasteiger partial charge in [0, 0.05) is 13.1 Å². The minimum atomic E-state index is -0.693. The van der Waals surface area contributed by atoms with Crippen LogP contribution < -0.4 is 0 Å². The lowest BCUT2D eigenvalue weighted by molar-refractivity contribution is -0.161. The van der Waals surface area contributed by atoms with Crippen molar-refractivity contribution in [3.05, 3.63) is 0 Å². The van der Waals surface area contributed by atoms with Crippen molar-refractivity contribution in [3.8, 4) is 0 Å². The van der Waals surface area contributed by atoms with E-state index >= 15 is 0 Å². The molecule has 3 aliphatic rings. The van der Waals surface area contributed by atoms with Crippen molar-refractivity contribution < 1.29 is 14.7 Å². The molecule has 1 N–H and O–H groups in total. The van der Waals surface area contributed by atoms with E-state index in [0.717, 1.165) is 12.8 Å². The molecule has 12 heavy (non-hydrogen) atoms. The third-order valence-corrected chi connectivity index (χ3v) is 2.99. The maximum atomic E-state index is 10.7. The number of nitrogens with zero attached hydrogens (tertiary/aromatic N) is 1. The van der Waals surface area contributed by atoms with E-state index in [0.29, 0.717) is 13.1 Å². The summed E-state index contributed by atoms with van der Waals surface area (Å²) in [5, 5.41) is 8.79. The van der Waals surface area contributed by atoms with Gasteiger partial charge < -0.3 is 10.0 Å². The quantitative estimate of drug-likeness (QED) is 0.582. The molecule has 4 heteroatoms. The van der Waals surface area contributed by atoms with Gasteiger partial charge >= 0.3 is 5.97 Å². The number of carbonyl (C=O) groups is 2. The summed E-state index contributed by atoms with van der Waals surface area (Å²) in [6.45, 7) is 1.27. The van der Waals surface area contributed by atoms with E-state index in [2.05, 4.69) is 0 Å². The summed E-state index contributed by atoms with van der Waals surface area (Å²) in [5.41, 5.74) is 0. The predicted molar refractivity (Wildman–Crippen MR) is 40.4 cm³/mol. The van der Waals surface area contributed by atoms with Crippen molar-refractivity contribution in [2.75, 3.05) is 13.1 Å². The summed E-state index contributed by atoms with van der Waals surface area (Å²) in [6, 6.07) is 0. The summed E-state index contributed by atoms with van der Waals surface area (Å²) >= 11 is 0. The summed E-state index contributed by atoms with van der Waals surface area (Å²) < 4.78 is 0. The van der Waals surface area contributed by atoms with E-state index in [1.807, 2.05) is 0 Å². The third kappa shape index (κ3) is 0.906. The zero-order valence-electron chi connectivity index (χ0n) is 6.64. The molecule has 3 atom stereocenters. The Hall–Kier alpha value is -1.06. The summed E-state index contributed by atoms with van der Waals surface area (Å²) in [6.07, 6.45) is 1.80. The molecule has 0 radical (unpaired) electrons. The van der Waals surface area contributed by atoms with Gasteiger partial charge in [-0.05, 0) is 18.3 Å². The fourth-order valence-corrected chi connectivity index (χ4v) is 2.41. The summed E-state index contributed by atoms with van der Waals surface area (Å²) in [5.74, 6) is -0.444. The van der Waals surface area contributed by atoms with Crippen LogP contribution in [0.4, 0.5) is 0 Å². The van der Waals surface area contributed by atoms with Crippen molar-refractivity contribution >= 4 is 12.4 Å². The number of carboxylic acid groups (broad SMARTS) is 1. The zero-order valence-corrected chi connectivity index (χ0v) is 6.64. The molecule has 0 aromatic rings. The van der Waals surface area contributed by atoms with E-state index in [9.17, 15) is 9.59 Å². The van der Waals surface area contributed by atoms with Crippen LogP contribution in [-0.4, -0.2) is 35.5 Å². The molecule has 1 aliphatic carbocycles. The van der Waals surface area contributed by atoms with Gasteiger partial charge in [0.1, 0.15) is 0 Å². The summed E-state index contributed by atoms with van der Waals surface area (Å²) in [4.78, 5) is 22.7. The lowest BCUT2D eigenvalue weighted by Crippen LogP contribution is -2.57. The molecule has 0 aromatic carbocycles. The molecule has 0 spiro atoms. The molecule has 3 rings (SSSR count). The van der Waals surface area contributed by atoms with Gasteiger partial charge in [-0.25, -0.2) is 0 Å². The highest BCUT2D eigenvalue weighted by Gasteiger charge is 2.50. The normalized spacial score (nSPS) is 38.7. The SMILES string of the molecule is O=CN1C[C@H]2C[C@@H](C1)C2C(=O)O. The average Bonchev–Trinajstić information content (AvgIpc) is 2.03. The Balaban J connectivity index is 2.02. The second-order valence-electron chi connectivity index (χ2n) is 3.68. The minimum absolute atomic E-state index is 0.179. The number of rotatable bonds is 2. The fourth-order valence-electron chi connectivity index (χ4n) is 2.41. The zero-order chi connectivity index (χ0) is 8.72. The van der Waals surface area contributed by atoms with Crippen LogP contribution in [0.15, 0.2) is 0 Å². The van der Waals surface area contributed by atoms with Gasteiger partial charge in [0.2, 0.25) is 6.41 Å². The molecular weight excluding hydrogens is 158 g/mol. The summed E-state index contributed by atoms with van der Waals surface area (Å²) in [7, 11) is 0. The van der Waals surface area contributed by atoms with Crippen LogP contribution in [-0.2, 0) is 9.59 Å². The highest BCUT2D eigenvalue weighted by molar-refractivity contribution is 5.72. The molecule has 4 nitrogen and oxygen atoms in total. The second-order valence-corrected chi connectivity index (χ2v) is 3.68. The van der Waals surface area contributed by atoms with Crippen LogP contribution >= 0.6 is 0 Å². The number of fused-ring (bicyclic) bond motifs is 2. The van der Waals surface area contributed by atoms with Gasteiger partial charge in [0.15, 0.2) is 0 Å². The van der Waals surface area contributed by atoms with E-state index < -0.39 is 5.97 Å². The number of aliphatic carboxylic acids is 1. The fraction of sp³-hybridized carbons (Fsp3) is 0.750. The number of carboxylic acids is 1. The van der Waals surface area contributed by atoms with Crippen LogP contribution in [0.1, 0.15) is 6.42 Å². The molecule has 2 saturated heterocycles. The average molecular weight is 169 g/mol. The Morgan fingerprint density at radius 1 is 1.42 bits per heavy atom. The first-order valence-corrected chi connectivity index (χ1v) is 4.14. The van der Waals surface area contributed by atoms with Crippen LogP contribution in [0.3, 0.4) is 0 Å². The maximum Gasteiger partial charge on any atom is 0.307 e. The van der Waals surface area contributed by atoms with Gasteiger partial charge in [-0.1, -0.05) is 0 Å². The topological polar surface area (TPSA) is 57.6 Å². The molecule has 1 unspecified atom stereocenters. The first-order valence-electron chi connectivity index (χ1n) is 4.14. The molecular formula is C8H11NO3. The molecule has 66 valence electrons. The predicted octanol–water partition coefficient (Wildman–Crippen LogP) is -0.205. The van der Waals surface area contributed by atoms with Gasteiger partial charge in [-0.3, -0.25) is 9.59 Å². The number of piperidine rings is 2. The number of hydrogen-bond donors (Lipinski definition) is 1. The molecule has 2 bridgehead atoms. The smallest absolute Gasteiger partial charge is 0.307 e. The largest absolute Gasteiger partial charge is 0.481 e. The van der Waals surface area contributed by atoms with Crippen LogP contribution in [0.2, 0.25) is 0 Å². The first kappa shape index (κ1) is 7.58. The number of hydrogen-bond acceptors (Lipinski definition) is 2.